The van der Waals surface area contributed by atoms with Gasteiger partial charge in [-0.25, -0.2) is 0 Å². The van der Waals surface area contributed by atoms with E-state index in [4.69, 9.17) is 16.6 Å². The Balaban J connectivity index is 2.05. The van der Waals surface area contributed by atoms with Crippen LogP contribution in [0.5, 0.6) is 0 Å². The summed E-state index contributed by atoms with van der Waals surface area (Å²) in [5.74, 6) is 1.78. The quantitative estimate of drug-likeness (QED) is 0.611. The third-order valence-electron chi connectivity index (χ3n) is 4.46. The van der Waals surface area contributed by atoms with Gasteiger partial charge in [-0.3, -0.25) is 9.56 Å². The molecule has 0 spiro atoms. The van der Waals surface area contributed by atoms with E-state index in [-0.39, 0.29) is 5.37 Å². The van der Waals surface area contributed by atoms with Crippen molar-refractivity contribution in [3.63, 3.8) is 0 Å². The van der Waals surface area contributed by atoms with Gasteiger partial charge >= 0.3 is 0 Å². The van der Waals surface area contributed by atoms with Gasteiger partial charge in [0.2, 0.25) is 0 Å². The van der Waals surface area contributed by atoms with Gasteiger partial charge in [0, 0.05) is 21.0 Å². The van der Waals surface area contributed by atoms with Crippen molar-refractivity contribution in [3.05, 3.63) is 62.5 Å². The summed E-state index contributed by atoms with van der Waals surface area (Å²) >= 11 is 9.53. The molecular formula is C18H17ClN4S2. The number of aliphatic imine (C=N–C) groups is 1. The molecule has 0 amide bonds. The first-order valence-electron chi connectivity index (χ1n) is 7.90. The van der Waals surface area contributed by atoms with Crippen molar-refractivity contribution < 1.29 is 0 Å². The van der Waals surface area contributed by atoms with Crippen molar-refractivity contribution in [3.8, 4) is 5.00 Å². The summed E-state index contributed by atoms with van der Waals surface area (Å²) in [5.41, 5.74) is 4.50. The zero-order chi connectivity index (χ0) is 17.7. The Hall–Kier alpha value is -1.63. The molecular weight excluding hydrogens is 372 g/mol. The predicted molar refractivity (Wildman–Crippen MR) is 107 cm³/mol. The van der Waals surface area contributed by atoms with Crippen LogP contribution >= 0.6 is 34.7 Å². The van der Waals surface area contributed by atoms with Crippen LogP contribution in [0, 0.1) is 20.8 Å². The van der Waals surface area contributed by atoms with Crippen LogP contribution in [0.2, 0.25) is 5.02 Å². The zero-order valence-corrected chi connectivity index (χ0v) is 16.8. The molecule has 3 aromatic rings. The molecule has 4 rings (SSSR count). The SMILES string of the molecule is CSC1N=C(c2ccc(Cl)cc2)c2c(sc(C)c2C)-n2c(C)nnc21. The van der Waals surface area contributed by atoms with Crippen LogP contribution < -0.4 is 0 Å². The lowest BCUT2D eigenvalue weighted by Crippen LogP contribution is -2.07. The largest absolute Gasteiger partial charge is 0.271 e. The van der Waals surface area contributed by atoms with E-state index in [2.05, 4.69) is 34.9 Å². The minimum Gasteiger partial charge on any atom is -0.271 e. The lowest BCUT2D eigenvalue weighted by atomic mass is 10.00. The summed E-state index contributed by atoms with van der Waals surface area (Å²) in [6.07, 6.45) is 2.06. The van der Waals surface area contributed by atoms with E-state index < -0.39 is 0 Å². The average Bonchev–Trinajstić information content (AvgIpc) is 3.06. The van der Waals surface area contributed by atoms with Crippen molar-refractivity contribution in [1.82, 2.24) is 14.8 Å². The smallest absolute Gasteiger partial charge is 0.173 e. The van der Waals surface area contributed by atoms with E-state index in [0.717, 1.165) is 32.9 Å². The van der Waals surface area contributed by atoms with E-state index in [9.17, 15) is 0 Å². The van der Waals surface area contributed by atoms with E-state index in [1.54, 1.807) is 23.1 Å². The predicted octanol–water partition coefficient (Wildman–Crippen LogP) is 5.12. The van der Waals surface area contributed by atoms with Crippen LogP contribution in [0.25, 0.3) is 5.00 Å². The first-order chi connectivity index (χ1) is 12.0. The number of benzene rings is 1. The fourth-order valence-electron chi connectivity index (χ4n) is 3.06. The molecule has 1 aliphatic rings. The number of thiophene rings is 1. The molecule has 0 radical (unpaired) electrons. The molecule has 25 heavy (non-hydrogen) atoms. The molecule has 0 saturated carbocycles. The fourth-order valence-corrected chi connectivity index (χ4v) is 4.97. The summed E-state index contributed by atoms with van der Waals surface area (Å²) < 4.78 is 2.16. The minimum absolute atomic E-state index is 0.0915. The monoisotopic (exact) mass is 388 g/mol. The Labute approximate surface area is 160 Å². The van der Waals surface area contributed by atoms with Crippen molar-refractivity contribution in [2.75, 3.05) is 6.26 Å². The molecule has 1 aromatic carbocycles. The number of halogens is 1. The lowest BCUT2D eigenvalue weighted by molar-refractivity contribution is 0.853. The maximum Gasteiger partial charge on any atom is 0.173 e. The number of hydrogen-bond donors (Lipinski definition) is 0. The molecule has 4 nitrogen and oxygen atoms in total. The molecule has 0 fully saturated rings. The Kier molecular flexibility index (Phi) is 4.22. The third-order valence-corrected chi connectivity index (χ3v) is 6.67. The van der Waals surface area contributed by atoms with Gasteiger partial charge in [0.05, 0.1) is 5.71 Å². The number of aromatic nitrogens is 3. The second kappa shape index (κ2) is 6.27. The summed E-state index contributed by atoms with van der Waals surface area (Å²) in [6.45, 7) is 6.31. The van der Waals surface area contributed by atoms with Crippen LogP contribution in [0.1, 0.15) is 38.6 Å². The number of hydrogen-bond acceptors (Lipinski definition) is 5. The first kappa shape index (κ1) is 16.8. The molecule has 0 saturated heterocycles. The molecule has 0 N–H and O–H groups in total. The van der Waals surface area contributed by atoms with Gasteiger partial charge in [-0.1, -0.05) is 23.7 Å². The molecule has 7 heteroatoms. The highest BCUT2D eigenvalue weighted by Gasteiger charge is 2.30. The van der Waals surface area contributed by atoms with Gasteiger partial charge in [0.15, 0.2) is 11.2 Å². The van der Waals surface area contributed by atoms with Gasteiger partial charge in [0.1, 0.15) is 10.8 Å². The maximum atomic E-state index is 6.09. The highest BCUT2D eigenvalue weighted by atomic mass is 35.5. The van der Waals surface area contributed by atoms with E-state index in [1.807, 2.05) is 31.2 Å². The molecule has 0 bridgehead atoms. The molecule has 1 atom stereocenters. The molecule has 128 valence electrons. The number of thioether (sulfide) groups is 1. The van der Waals surface area contributed by atoms with Crippen molar-refractivity contribution in [2.45, 2.75) is 26.1 Å². The fraction of sp³-hybridized carbons (Fsp3) is 0.278. The van der Waals surface area contributed by atoms with E-state index in [1.165, 1.54) is 16.0 Å². The van der Waals surface area contributed by atoms with Crippen LogP contribution in [0.4, 0.5) is 0 Å². The summed E-state index contributed by atoms with van der Waals surface area (Å²) in [7, 11) is 0. The molecule has 1 aliphatic heterocycles. The van der Waals surface area contributed by atoms with Crippen LogP contribution in [0.15, 0.2) is 29.3 Å². The van der Waals surface area contributed by atoms with Gasteiger partial charge in [-0.15, -0.1) is 33.3 Å². The molecule has 2 aromatic heterocycles. The normalized spacial score (nSPS) is 16.2. The van der Waals surface area contributed by atoms with Gasteiger partial charge < -0.3 is 0 Å². The Morgan fingerprint density at radius 1 is 1.12 bits per heavy atom. The Morgan fingerprint density at radius 3 is 2.52 bits per heavy atom. The number of fused-ring (bicyclic) bond motifs is 3. The molecule has 1 unspecified atom stereocenters. The number of aryl methyl sites for hydroxylation is 2. The second-order valence-electron chi connectivity index (χ2n) is 5.98. The minimum atomic E-state index is -0.0915. The summed E-state index contributed by atoms with van der Waals surface area (Å²) in [4.78, 5) is 6.37. The third kappa shape index (κ3) is 2.63. The maximum absolute atomic E-state index is 6.09. The van der Waals surface area contributed by atoms with Crippen LogP contribution in [-0.2, 0) is 0 Å². The number of nitrogens with zero attached hydrogens (tertiary/aromatic N) is 4. The summed E-state index contributed by atoms with van der Waals surface area (Å²) in [6, 6.07) is 7.90. The van der Waals surface area contributed by atoms with Gasteiger partial charge in [-0.05, 0) is 44.7 Å². The van der Waals surface area contributed by atoms with E-state index >= 15 is 0 Å². The van der Waals surface area contributed by atoms with Crippen molar-refractivity contribution in [1.29, 1.82) is 0 Å². The second-order valence-corrected chi connectivity index (χ2v) is 8.53. The first-order valence-corrected chi connectivity index (χ1v) is 10.4. The van der Waals surface area contributed by atoms with Crippen molar-refractivity contribution >= 4 is 40.4 Å². The van der Waals surface area contributed by atoms with Crippen LogP contribution in [-0.4, -0.2) is 26.7 Å². The summed E-state index contributed by atoms with van der Waals surface area (Å²) in [5, 5.41) is 10.5. The molecule has 0 aliphatic carbocycles. The van der Waals surface area contributed by atoms with Crippen LogP contribution in [0.3, 0.4) is 0 Å². The van der Waals surface area contributed by atoms with Crippen molar-refractivity contribution in [2.24, 2.45) is 4.99 Å². The zero-order valence-electron chi connectivity index (χ0n) is 14.4. The average molecular weight is 389 g/mol. The Morgan fingerprint density at radius 2 is 1.84 bits per heavy atom. The number of rotatable bonds is 2. The Bertz CT molecular complexity index is 985. The molecule has 3 heterocycles. The lowest BCUT2D eigenvalue weighted by Gasteiger charge is -2.10. The standard InChI is InChI=1S/C18H17ClN4S2/c1-9-10(2)25-18-14(9)15(12-5-7-13(19)8-6-12)20-17(24-4)16-22-21-11(3)23(16)18/h5-8,17H,1-4H3. The highest BCUT2D eigenvalue weighted by Crippen LogP contribution is 2.41. The van der Waals surface area contributed by atoms with Gasteiger partial charge in [-0.2, -0.15) is 0 Å². The highest BCUT2D eigenvalue weighted by molar-refractivity contribution is 7.98. The van der Waals surface area contributed by atoms with Gasteiger partial charge in [0.25, 0.3) is 0 Å². The van der Waals surface area contributed by atoms with E-state index in [0.29, 0.717) is 0 Å². The topological polar surface area (TPSA) is 43.1 Å².